The molecule has 3 heteroatoms. The Morgan fingerprint density at radius 1 is 1.58 bits per heavy atom. The summed E-state index contributed by atoms with van der Waals surface area (Å²) in [6.07, 6.45) is 0.639. The van der Waals surface area contributed by atoms with E-state index in [9.17, 15) is 4.79 Å². The number of hydrogen-bond acceptors (Lipinski definition) is 2. The van der Waals surface area contributed by atoms with Gasteiger partial charge in [-0.2, -0.15) is 0 Å². The van der Waals surface area contributed by atoms with E-state index in [1.54, 1.807) is 0 Å². The second kappa shape index (κ2) is 3.90. The molecule has 0 saturated carbocycles. The first-order valence-electron chi connectivity index (χ1n) is 4.58. The Kier molecular flexibility index (Phi) is 3.09. The van der Waals surface area contributed by atoms with Crippen molar-refractivity contribution in [2.24, 2.45) is 5.92 Å². The molecular weight excluding hydrogens is 152 g/mol. The predicted molar refractivity (Wildman–Crippen MR) is 48.9 cm³/mol. The zero-order valence-corrected chi connectivity index (χ0v) is 8.13. The number of nitrogens with zero attached hydrogens (tertiary/aromatic N) is 1. The molecule has 1 aliphatic heterocycles. The average Bonchev–Trinajstić information content (AvgIpc) is 2.15. The summed E-state index contributed by atoms with van der Waals surface area (Å²) in [4.78, 5) is 13.1. The fraction of sp³-hybridized carbons (Fsp3) is 0.889. The van der Waals surface area contributed by atoms with Crippen molar-refractivity contribution in [1.29, 1.82) is 0 Å². The molecule has 70 valence electrons. The highest BCUT2D eigenvalue weighted by molar-refractivity contribution is 5.76. The maximum Gasteiger partial charge on any atom is 0.223 e. The number of amides is 1. The molecule has 1 heterocycles. The Morgan fingerprint density at radius 2 is 2.25 bits per heavy atom. The first-order valence-corrected chi connectivity index (χ1v) is 4.58. The summed E-state index contributed by atoms with van der Waals surface area (Å²) in [5.74, 6) is 0.851. The smallest absolute Gasteiger partial charge is 0.223 e. The van der Waals surface area contributed by atoms with Crippen molar-refractivity contribution < 1.29 is 4.79 Å². The van der Waals surface area contributed by atoms with Crippen molar-refractivity contribution >= 4 is 5.91 Å². The van der Waals surface area contributed by atoms with Gasteiger partial charge >= 0.3 is 0 Å². The summed E-state index contributed by atoms with van der Waals surface area (Å²) in [5.41, 5.74) is 0. The second-order valence-electron chi connectivity index (χ2n) is 3.83. The molecule has 1 aliphatic rings. The van der Waals surface area contributed by atoms with E-state index in [0.29, 0.717) is 18.4 Å². The Labute approximate surface area is 74.1 Å². The third-order valence-corrected chi connectivity index (χ3v) is 2.45. The van der Waals surface area contributed by atoms with E-state index in [-0.39, 0.29) is 5.91 Å². The molecular formula is C9H18N2O. The normalized spacial score (nSPS) is 26.2. The third-order valence-electron chi connectivity index (χ3n) is 2.45. The van der Waals surface area contributed by atoms with Gasteiger partial charge in [0, 0.05) is 32.6 Å². The molecule has 1 rings (SSSR count). The van der Waals surface area contributed by atoms with Crippen LogP contribution in [0.4, 0.5) is 0 Å². The number of nitrogens with one attached hydrogen (secondary N) is 1. The van der Waals surface area contributed by atoms with Crippen molar-refractivity contribution in [1.82, 2.24) is 10.2 Å². The molecule has 1 fully saturated rings. The Morgan fingerprint density at radius 3 is 2.83 bits per heavy atom. The van der Waals surface area contributed by atoms with Gasteiger partial charge in [0.1, 0.15) is 0 Å². The van der Waals surface area contributed by atoms with Crippen molar-refractivity contribution in [3.63, 3.8) is 0 Å². The maximum absolute atomic E-state index is 11.3. The van der Waals surface area contributed by atoms with E-state index >= 15 is 0 Å². The first-order chi connectivity index (χ1) is 5.61. The highest BCUT2D eigenvalue weighted by Gasteiger charge is 2.21. The van der Waals surface area contributed by atoms with Gasteiger partial charge in [-0.25, -0.2) is 0 Å². The molecule has 0 aliphatic carbocycles. The summed E-state index contributed by atoms with van der Waals surface area (Å²) in [6.45, 7) is 6.03. The van der Waals surface area contributed by atoms with Crippen LogP contribution in [0.2, 0.25) is 0 Å². The molecule has 0 spiro atoms. The van der Waals surface area contributed by atoms with Gasteiger partial charge in [-0.05, 0) is 5.92 Å². The molecule has 1 unspecified atom stereocenters. The maximum atomic E-state index is 11.3. The van der Waals surface area contributed by atoms with Gasteiger partial charge in [0.25, 0.3) is 0 Å². The Balaban J connectivity index is 2.54. The molecule has 1 amide bonds. The molecule has 1 atom stereocenters. The van der Waals surface area contributed by atoms with E-state index in [1.807, 2.05) is 11.9 Å². The fourth-order valence-corrected chi connectivity index (χ4v) is 1.46. The van der Waals surface area contributed by atoms with Crippen LogP contribution in [0.1, 0.15) is 20.3 Å². The van der Waals surface area contributed by atoms with Crippen LogP contribution in [-0.2, 0) is 4.79 Å². The van der Waals surface area contributed by atoms with Crippen LogP contribution in [-0.4, -0.2) is 37.0 Å². The van der Waals surface area contributed by atoms with Gasteiger partial charge < -0.3 is 10.2 Å². The minimum atomic E-state index is 0.255. The Bertz CT molecular complexity index is 168. The summed E-state index contributed by atoms with van der Waals surface area (Å²) < 4.78 is 0. The number of likely N-dealkylation sites (N-methyl/N-ethyl adjacent to an activating group) is 1. The molecule has 1 saturated heterocycles. The van der Waals surface area contributed by atoms with Crippen LogP contribution in [0.25, 0.3) is 0 Å². The lowest BCUT2D eigenvalue weighted by Gasteiger charge is -2.23. The minimum Gasteiger partial charge on any atom is -0.344 e. The molecule has 0 radical (unpaired) electrons. The lowest BCUT2D eigenvalue weighted by Crippen LogP contribution is -2.40. The van der Waals surface area contributed by atoms with E-state index in [4.69, 9.17) is 0 Å². The van der Waals surface area contributed by atoms with Crippen molar-refractivity contribution in [2.75, 3.05) is 20.1 Å². The summed E-state index contributed by atoms with van der Waals surface area (Å²) >= 11 is 0. The van der Waals surface area contributed by atoms with E-state index in [1.165, 1.54) is 0 Å². The van der Waals surface area contributed by atoms with E-state index < -0.39 is 0 Å². The summed E-state index contributed by atoms with van der Waals surface area (Å²) in [5, 5.41) is 3.38. The monoisotopic (exact) mass is 170 g/mol. The topological polar surface area (TPSA) is 32.3 Å². The molecule has 0 aromatic carbocycles. The molecule has 1 N–H and O–H groups in total. The van der Waals surface area contributed by atoms with Crippen molar-refractivity contribution in [3.8, 4) is 0 Å². The van der Waals surface area contributed by atoms with Gasteiger partial charge in [-0.3, -0.25) is 4.79 Å². The summed E-state index contributed by atoms with van der Waals surface area (Å²) in [7, 11) is 1.88. The van der Waals surface area contributed by atoms with E-state index in [0.717, 1.165) is 13.1 Å². The lowest BCUT2D eigenvalue weighted by atomic mass is 10.0. The molecule has 0 aromatic heterocycles. The molecule has 3 nitrogen and oxygen atoms in total. The standard InChI is InChI=1S/C9H18N2O/c1-7(2)8-6-11(3)9(12)4-5-10-8/h7-8,10H,4-6H2,1-3H3. The highest BCUT2D eigenvalue weighted by Crippen LogP contribution is 2.07. The van der Waals surface area contributed by atoms with Gasteiger partial charge in [0.05, 0.1) is 0 Å². The zero-order valence-electron chi connectivity index (χ0n) is 8.13. The molecule has 12 heavy (non-hydrogen) atoms. The van der Waals surface area contributed by atoms with Crippen LogP contribution in [0.3, 0.4) is 0 Å². The number of carbonyl (C=O) groups excluding carboxylic acids is 1. The average molecular weight is 170 g/mol. The van der Waals surface area contributed by atoms with Crippen LogP contribution in [0.5, 0.6) is 0 Å². The summed E-state index contributed by atoms with van der Waals surface area (Å²) in [6, 6.07) is 0.460. The zero-order chi connectivity index (χ0) is 9.14. The van der Waals surface area contributed by atoms with Gasteiger partial charge in [0.15, 0.2) is 0 Å². The number of carbonyl (C=O) groups is 1. The van der Waals surface area contributed by atoms with Crippen LogP contribution in [0, 0.1) is 5.92 Å². The van der Waals surface area contributed by atoms with Gasteiger partial charge in [0.2, 0.25) is 5.91 Å². The highest BCUT2D eigenvalue weighted by atomic mass is 16.2. The number of hydrogen-bond donors (Lipinski definition) is 1. The minimum absolute atomic E-state index is 0.255. The molecule has 0 aromatic rings. The fourth-order valence-electron chi connectivity index (χ4n) is 1.46. The third kappa shape index (κ3) is 2.21. The van der Waals surface area contributed by atoms with Gasteiger partial charge in [-0.15, -0.1) is 0 Å². The quantitative estimate of drug-likeness (QED) is 0.620. The predicted octanol–water partition coefficient (Wildman–Crippen LogP) is 0.463. The van der Waals surface area contributed by atoms with Crippen LogP contribution < -0.4 is 5.32 Å². The van der Waals surface area contributed by atoms with Crippen molar-refractivity contribution in [2.45, 2.75) is 26.3 Å². The first kappa shape index (κ1) is 9.52. The largest absolute Gasteiger partial charge is 0.344 e. The van der Waals surface area contributed by atoms with Gasteiger partial charge in [-0.1, -0.05) is 13.8 Å². The van der Waals surface area contributed by atoms with Crippen LogP contribution >= 0.6 is 0 Å². The Hall–Kier alpha value is -0.570. The SMILES string of the molecule is CC(C)C1CN(C)C(=O)CCN1. The second-order valence-corrected chi connectivity index (χ2v) is 3.83. The van der Waals surface area contributed by atoms with Crippen LogP contribution in [0.15, 0.2) is 0 Å². The lowest BCUT2D eigenvalue weighted by molar-refractivity contribution is -0.129. The molecule has 0 bridgehead atoms. The van der Waals surface area contributed by atoms with Crippen molar-refractivity contribution in [3.05, 3.63) is 0 Å². The van der Waals surface area contributed by atoms with E-state index in [2.05, 4.69) is 19.2 Å². The number of rotatable bonds is 1.